The molecule has 0 saturated heterocycles. The molecule has 0 atom stereocenters. The van der Waals surface area contributed by atoms with Crippen molar-refractivity contribution in [2.24, 2.45) is 0 Å². The molecule has 92 valence electrons. The summed E-state index contributed by atoms with van der Waals surface area (Å²) in [6, 6.07) is 0. The van der Waals surface area contributed by atoms with Gasteiger partial charge in [-0.2, -0.15) is 16.6 Å². The quantitative estimate of drug-likeness (QED) is 0.407. The Morgan fingerprint density at radius 3 is 1.33 bits per heavy atom. The van der Waals surface area contributed by atoms with E-state index < -0.39 is 6.09 Å². The Labute approximate surface area is 119 Å². The van der Waals surface area contributed by atoms with E-state index in [0.717, 1.165) is 12.8 Å². The Balaban J connectivity index is -0.0000000606. The van der Waals surface area contributed by atoms with E-state index >= 15 is 0 Å². The summed E-state index contributed by atoms with van der Waals surface area (Å²) >= 11 is 6.58. The molecule has 0 aromatic carbocycles. The molecule has 0 saturated carbocycles. The third-order valence-electron chi connectivity index (χ3n) is 0.878. The molecular weight excluding hydrogens is 314 g/mol. The third kappa shape index (κ3) is 53.0. The molecule has 1 amide bonds. The molecule has 1 N–H and O–H groups in total. The molecule has 3 nitrogen and oxygen atoms in total. The number of hydrogen-bond donors (Lipinski definition) is 3. The van der Waals surface area contributed by atoms with Crippen LogP contribution in [0.1, 0.15) is 39.5 Å². The van der Waals surface area contributed by atoms with E-state index in [4.69, 9.17) is 5.11 Å². The van der Waals surface area contributed by atoms with E-state index in [2.05, 4.69) is 53.3 Å². The summed E-state index contributed by atoms with van der Waals surface area (Å²) in [5, 5.41) is 7.76. The van der Waals surface area contributed by atoms with Crippen LogP contribution in [0.5, 0.6) is 0 Å². The van der Waals surface area contributed by atoms with Gasteiger partial charge in [-0.15, -0.1) is 0 Å². The van der Waals surface area contributed by atoms with Crippen LogP contribution in [0.4, 0.5) is 4.79 Å². The molecule has 0 fully saturated rings. The summed E-state index contributed by atoms with van der Waals surface area (Å²) in [5.74, 6) is 0. The molecule has 15 heavy (non-hydrogen) atoms. The fourth-order valence-electron chi connectivity index (χ4n) is 0. The average molecular weight is 335 g/mol. The fourth-order valence-corrected chi connectivity index (χ4v) is 0. The van der Waals surface area contributed by atoms with Crippen molar-refractivity contribution in [2.45, 2.75) is 39.5 Å². The maximum Gasteiger partial charge on any atom is 2.00 e. The van der Waals surface area contributed by atoms with Crippen molar-refractivity contribution < 1.29 is 31.0 Å². The van der Waals surface area contributed by atoms with Gasteiger partial charge in [0.1, 0.15) is 0 Å². The summed E-state index contributed by atoms with van der Waals surface area (Å²) in [6.45, 7) is 11.4. The van der Waals surface area contributed by atoms with Gasteiger partial charge in [0.2, 0.25) is 0 Å². The Morgan fingerprint density at radius 1 is 1.20 bits per heavy atom. The number of amides is 1. The number of hydrogen-bond acceptors (Lipinski definition) is 3. The van der Waals surface area contributed by atoms with E-state index in [9.17, 15) is 4.79 Å². The summed E-state index contributed by atoms with van der Waals surface area (Å²) in [6.07, 6.45) is 3.38. The zero-order chi connectivity index (χ0) is 12.0. The molecule has 0 aromatic rings. The zero-order valence-electron chi connectivity index (χ0n) is 9.35. The van der Waals surface area contributed by atoms with Crippen LogP contribution in [0.25, 0.3) is 0 Å². The number of rotatable bonds is 2. The van der Waals surface area contributed by atoms with Crippen LogP contribution in [-0.4, -0.2) is 14.9 Å². The zero-order valence-corrected chi connectivity index (χ0v) is 13.1. The molecule has 0 aliphatic rings. The van der Waals surface area contributed by atoms with Gasteiger partial charge in [-0.25, -0.2) is 4.79 Å². The van der Waals surface area contributed by atoms with Gasteiger partial charge in [0.25, 0.3) is 0 Å². The van der Waals surface area contributed by atoms with Gasteiger partial charge in [-0.05, 0) is 25.6 Å². The minimum atomic E-state index is -1.18. The molecule has 0 aliphatic heterocycles. The van der Waals surface area contributed by atoms with Gasteiger partial charge in [0, 0.05) is 0 Å². The molecule has 0 spiro atoms. The van der Waals surface area contributed by atoms with Gasteiger partial charge >= 0.3 is 27.2 Å². The predicted octanol–water partition coefficient (Wildman–Crippen LogP) is 3.89. The van der Waals surface area contributed by atoms with Crippen LogP contribution in [0, 0.1) is 13.8 Å². The molecule has 0 aliphatic carbocycles. The van der Waals surface area contributed by atoms with E-state index in [1.165, 1.54) is 12.8 Å². The van der Waals surface area contributed by atoms with Crippen molar-refractivity contribution in [3.8, 4) is 0 Å². The fraction of sp³-hybridized carbons (Fsp3) is 0.667. The van der Waals surface area contributed by atoms with Gasteiger partial charge in [-0.3, -0.25) is 0 Å². The van der Waals surface area contributed by atoms with E-state index in [1.54, 1.807) is 0 Å². The molecule has 0 heterocycles. The maximum absolute atomic E-state index is 9.47. The van der Waals surface area contributed by atoms with Gasteiger partial charge in [0.05, 0.1) is 0 Å². The molecule has 6 heteroatoms. The second-order valence-corrected chi connectivity index (χ2v) is 3.39. The normalized spacial score (nSPS) is 7.07. The van der Waals surface area contributed by atoms with Crippen molar-refractivity contribution in [1.82, 2.24) is 3.71 Å². The van der Waals surface area contributed by atoms with E-state index in [-0.39, 0.29) is 21.1 Å². The minimum absolute atomic E-state index is 0. The molecule has 0 bridgehead atoms. The van der Waals surface area contributed by atoms with Gasteiger partial charge in [0.15, 0.2) is 0 Å². The molecule has 0 aromatic heterocycles. The van der Waals surface area contributed by atoms with Gasteiger partial charge in [-0.1, -0.05) is 26.7 Å². The second-order valence-electron chi connectivity index (χ2n) is 2.28. The minimum Gasteiger partial charge on any atom is -0.464 e. The number of carboxylic acid groups (broad SMARTS) is 1. The predicted molar refractivity (Wildman–Crippen MR) is 68.4 cm³/mol. The Kier molecular flexibility index (Phi) is 39.7. The standard InChI is InChI=1S/2C4H9.CH3NO2S2.Mo/c2*1-3-4-2;3-1(4)2(5)6;/h2*1,3-4H2,2H3;5-6H,(H,3,4);/q2*-1;;+2. The Bertz CT molecular complexity index is 108. The first-order valence-electron chi connectivity index (χ1n) is 4.47. The average Bonchev–Trinajstić information content (AvgIpc) is 2.18. The summed E-state index contributed by atoms with van der Waals surface area (Å²) in [7, 11) is 0. The first-order chi connectivity index (χ1) is 6.47. The van der Waals surface area contributed by atoms with Crippen LogP contribution >= 0.6 is 25.6 Å². The van der Waals surface area contributed by atoms with Gasteiger partial charge < -0.3 is 19.0 Å². The van der Waals surface area contributed by atoms with Crippen LogP contribution in [-0.2, 0) is 21.1 Å². The summed E-state index contributed by atoms with van der Waals surface area (Å²) in [5.41, 5.74) is 0. The maximum atomic E-state index is 9.47. The SMILES string of the molecule is O=C(O)N(S)S.[CH2-]CCC.[CH2-]CCC.[Mo+2]. The van der Waals surface area contributed by atoms with Crippen molar-refractivity contribution in [3.63, 3.8) is 0 Å². The topological polar surface area (TPSA) is 40.5 Å². The smallest absolute Gasteiger partial charge is 0.464 e. The third-order valence-corrected chi connectivity index (χ3v) is 1.22. The van der Waals surface area contributed by atoms with Crippen LogP contribution < -0.4 is 0 Å². The molecular formula is C9H21MoNO2S2. The first-order valence-corrected chi connectivity index (χ1v) is 5.27. The summed E-state index contributed by atoms with van der Waals surface area (Å²) in [4.78, 5) is 9.47. The molecule has 0 radical (unpaired) electrons. The largest absolute Gasteiger partial charge is 2.00 e. The van der Waals surface area contributed by atoms with Crippen molar-refractivity contribution in [3.05, 3.63) is 13.8 Å². The Hall–Kier alpha value is 0.658. The number of carbonyl (C=O) groups is 1. The molecule has 0 rings (SSSR count). The van der Waals surface area contributed by atoms with Crippen LogP contribution in [0.2, 0.25) is 0 Å². The first kappa shape index (κ1) is 24.8. The van der Waals surface area contributed by atoms with E-state index in [1.807, 2.05) is 0 Å². The number of thiol groups is 2. The number of unbranched alkanes of at least 4 members (excludes halogenated alkanes) is 2. The van der Waals surface area contributed by atoms with Crippen molar-refractivity contribution in [1.29, 1.82) is 0 Å². The van der Waals surface area contributed by atoms with Crippen LogP contribution in [0.3, 0.4) is 0 Å². The monoisotopic (exact) mass is 337 g/mol. The van der Waals surface area contributed by atoms with Crippen LogP contribution in [0.15, 0.2) is 0 Å². The van der Waals surface area contributed by atoms with Crippen molar-refractivity contribution in [2.75, 3.05) is 0 Å². The van der Waals surface area contributed by atoms with Crippen molar-refractivity contribution >= 4 is 31.7 Å². The second kappa shape index (κ2) is 24.1. The number of nitrogens with zero attached hydrogens (tertiary/aromatic N) is 1. The summed E-state index contributed by atoms with van der Waals surface area (Å²) < 4.78 is 0.472. The molecule has 0 unspecified atom stereocenters. The van der Waals surface area contributed by atoms with E-state index in [0.29, 0.717) is 3.71 Å². The Morgan fingerprint density at radius 2 is 1.33 bits per heavy atom.